The van der Waals surface area contributed by atoms with Gasteiger partial charge in [0.2, 0.25) is 5.91 Å². The number of imidazole rings is 1. The summed E-state index contributed by atoms with van der Waals surface area (Å²) in [4.78, 5) is 57.6. The number of amides is 2. The minimum absolute atomic E-state index is 0.0915. The minimum Gasteiger partial charge on any atom is -0.334 e. The maximum atomic E-state index is 13.3. The Balaban J connectivity index is 1.33. The zero-order valence-corrected chi connectivity index (χ0v) is 19.0. The van der Waals surface area contributed by atoms with Crippen LogP contribution in [0.1, 0.15) is 22.5 Å². The number of piperazine rings is 1. The first-order valence-electron chi connectivity index (χ1n) is 10.7. The molecular formula is C20H21F3N8O4. The van der Waals surface area contributed by atoms with Crippen LogP contribution in [0.15, 0.2) is 22.1 Å². The Morgan fingerprint density at radius 1 is 1.09 bits per heavy atom. The molecule has 186 valence electrons. The van der Waals surface area contributed by atoms with Crippen LogP contribution in [-0.2, 0) is 38.7 Å². The highest BCUT2D eigenvalue weighted by Crippen LogP contribution is 2.35. The number of nitrogens with zero attached hydrogens (tertiary/aromatic N) is 8. The average molecular weight is 494 g/mol. The number of aryl methyl sites for hydroxylation is 2. The Hall–Kier alpha value is -3.91. The molecule has 3 fully saturated rings. The quantitative estimate of drug-likeness (QED) is 0.476. The van der Waals surface area contributed by atoms with Crippen LogP contribution in [0.3, 0.4) is 0 Å². The Morgan fingerprint density at radius 3 is 2.37 bits per heavy atom. The van der Waals surface area contributed by atoms with E-state index in [0.717, 1.165) is 15.4 Å². The number of hydrogen-bond acceptors (Lipinski definition) is 6. The van der Waals surface area contributed by atoms with E-state index in [-0.39, 0.29) is 48.8 Å². The number of piperidine rings is 1. The third-order valence-corrected chi connectivity index (χ3v) is 6.62. The van der Waals surface area contributed by atoms with Gasteiger partial charge in [-0.3, -0.25) is 28.2 Å². The zero-order chi connectivity index (χ0) is 25.4. The first kappa shape index (κ1) is 22.9. The van der Waals surface area contributed by atoms with E-state index in [9.17, 15) is 32.3 Å². The third kappa shape index (κ3) is 3.44. The van der Waals surface area contributed by atoms with Gasteiger partial charge in [-0.2, -0.15) is 18.3 Å². The zero-order valence-electron chi connectivity index (χ0n) is 19.0. The van der Waals surface area contributed by atoms with Crippen molar-refractivity contribution in [2.24, 2.45) is 21.1 Å². The van der Waals surface area contributed by atoms with Gasteiger partial charge in [-0.05, 0) is 6.42 Å². The summed E-state index contributed by atoms with van der Waals surface area (Å²) in [5, 5.41) is 3.39. The summed E-state index contributed by atoms with van der Waals surface area (Å²) < 4.78 is 44.3. The number of hydrogen-bond donors (Lipinski definition) is 0. The molecule has 0 spiro atoms. The maximum Gasteiger partial charge on any atom is 0.435 e. The molecule has 12 nitrogen and oxygen atoms in total. The molecule has 6 rings (SSSR count). The maximum absolute atomic E-state index is 13.3. The first-order valence-corrected chi connectivity index (χ1v) is 10.7. The molecule has 0 radical (unpaired) electrons. The van der Waals surface area contributed by atoms with Gasteiger partial charge in [0.25, 0.3) is 11.5 Å². The Labute approximate surface area is 194 Å². The van der Waals surface area contributed by atoms with Gasteiger partial charge in [0.05, 0.1) is 24.0 Å². The fourth-order valence-corrected chi connectivity index (χ4v) is 4.95. The first-order chi connectivity index (χ1) is 16.4. The van der Waals surface area contributed by atoms with Crippen molar-refractivity contribution < 1.29 is 22.8 Å². The predicted molar refractivity (Wildman–Crippen MR) is 113 cm³/mol. The lowest BCUT2D eigenvalue weighted by Crippen LogP contribution is -2.71. The molecule has 0 N–H and O–H groups in total. The van der Waals surface area contributed by atoms with Gasteiger partial charge in [0.1, 0.15) is 6.54 Å². The van der Waals surface area contributed by atoms with Crippen molar-refractivity contribution in [2.75, 3.05) is 13.1 Å². The van der Waals surface area contributed by atoms with Crippen LogP contribution in [0.4, 0.5) is 13.2 Å². The Morgan fingerprint density at radius 2 is 1.74 bits per heavy atom. The molecule has 0 aliphatic carbocycles. The van der Waals surface area contributed by atoms with E-state index in [1.54, 1.807) is 4.90 Å². The lowest BCUT2D eigenvalue weighted by molar-refractivity contribution is -0.152. The second-order valence-corrected chi connectivity index (χ2v) is 8.87. The summed E-state index contributed by atoms with van der Waals surface area (Å²) in [6.45, 7) is -0.0197. The second-order valence-electron chi connectivity index (χ2n) is 8.87. The number of rotatable bonds is 3. The van der Waals surface area contributed by atoms with E-state index in [2.05, 4.69) is 10.1 Å². The molecule has 2 atom stereocenters. The molecule has 0 aromatic carbocycles. The van der Waals surface area contributed by atoms with Crippen LogP contribution in [0.2, 0.25) is 0 Å². The van der Waals surface area contributed by atoms with Crippen molar-refractivity contribution in [3.8, 4) is 0 Å². The molecule has 3 aliphatic heterocycles. The van der Waals surface area contributed by atoms with Gasteiger partial charge in [-0.15, -0.1) is 0 Å². The van der Waals surface area contributed by atoms with Gasteiger partial charge >= 0.3 is 11.9 Å². The fourth-order valence-electron chi connectivity index (χ4n) is 4.95. The molecule has 2 unspecified atom stereocenters. The second kappa shape index (κ2) is 7.55. The molecule has 6 heterocycles. The van der Waals surface area contributed by atoms with Gasteiger partial charge < -0.3 is 14.4 Å². The molecule has 35 heavy (non-hydrogen) atoms. The summed E-state index contributed by atoms with van der Waals surface area (Å²) in [7, 11) is 4.12. The third-order valence-electron chi connectivity index (χ3n) is 6.62. The van der Waals surface area contributed by atoms with Crippen molar-refractivity contribution >= 4 is 23.0 Å². The van der Waals surface area contributed by atoms with E-state index in [4.69, 9.17) is 0 Å². The van der Waals surface area contributed by atoms with E-state index < -0.39 is 34.6 Å². The molecule has 0 saturated carbocycles. The topological polar surface area (TPSA) is 120 Å². The van der Waals surface area contributed by atoms with E-state index in [1.165, 1.54) is 41.5 Å². The number of halogens is 3. The lowest BCUT2D eigenvalue weighted by atomic mass is 9.87. The van der Waals surface area contributed by atoms with Crippen LogP contribution in [-0.4, -0.2) is 75.3 Å². The summed E-state index contributed by atoms with van der Waals surface area (Å²) >= 11 is 0. The highest BCUT2D eigenvalue weighted by molar-refractivity contribution is 5.95. The molecule has 15 heteroatoms. The number of alkyl halides is 3. The van der Waals surface area contributed by atoms with E-state index >= 15 is 0 Å². The largest absolute Gasteiger partial charge is 0.435 e. The van der Waals surface area contributed by atoms with Gasteiger partial charge in [0, 0.05) is 40.4 Å². The number of carbonyl (C=O) groups excluding carboxylic acids is 2. The van der Waals surface area contributed by atoms with Crippen molar-refractivity contribution in [1.29, 1.82) is 0 Å². The molecular weight excluding hydrogens is 473 g/mol. The molecule has 3 aromatic rings. The lowest BCUT2D eigenvalue weighted by Gasteiger charge is -2.56. The van der Waals surface area contributed by atoms with Gasteiger partial charge in [-0.1, -0.05) is 0 Å². The van der Waals surface area contributed by atoms with Gasteiger partial charge in [0.15, 0.2) is 16.9 Å². The number of aromatic nitrogens is 6. The molecule has 2 bridgehead atoms. The number of fused-ring (bicyclic) bond motifs is 3. The molecule has 2 amide bonds. The van der Waals surface area contributed by atoms with Crippen molar-refractivity contribution in [3.05, 3.63) is 44.6 Å². The van der Waals surface area contributed by atoms with Crippen molar-refractivity contribution in [3.63, 3.8) is 0 Å². The molecule has 3 aromatic heterocycles. The summed E-state index contributed by atoms with van der Waals surface area (Å²) in [6, 6.07) is -0.698. The van der Waals surface area contributed by atoms with Crippen molar-refractivity contribution in [2.45, 2.75) is 31.2 Å². The van der Waals surface area contributed by atoms with Crippen LogP contribution >= 0.6 is 0 Å². The summed E-state index contributed by atoms with van der Waals surface area (Å²) in [5.74, 6) is -1.09. The average Bonchev–Trinajstić information content (AvgIpc) is 3.39. The highest BCUT2D eigenvalue weighted by Gasteiger charge is 2.49. The Kier molecular flexibility index (Phi) is 4.93. The minimum atomic E-state index is -4.76. The van der Waals surface area contributed by atoms with E-state index in [1.807, 2.05) is 0 Å². The predicted octanol–water partition coefficient (Wildman–Crippen LogP) is -0.688. The fraction of sp³-hybridized carbons (Fsp3) is 0.500. The summed E-state index contributed by atoms with van der Waals surface area (Å²) in [6.07, 6.45) is -1.78. The number of carbonyl (C=O) groups is 2. The molecule has 3 saturated heterocycles. The van der Waals surface area contributed by atoms with Crippen LogP contribution < -0.4 is 11.2 Å². The summed E-state index contributed by atoms with van der Waals surface area (Å²) in [5.41, 5.74) is -2.61. The van der Waals surface area contributed by atoms with Crippen LogP contribution in [0.25, 0.3) is 11.2 Å². The normalized spacial score (nSPS) is 19.8. The van der Waals surface area contributed by atoms with Crippen LogP contribution in [0.5, 0.6) is 0 Å². The molecule has 3 aliphatic rings. The standard InChI is InChI=1S/C20H21F3N8O4/c1-26-7-12(15(25-26)20(21,22)23)17(33)29-5-10-4-11(6-29)31(10)13(32)8-30-9-24-16-14(30)18(34)28(3)19(35)27(16)2/h7,9-11H,4-6,8H2,1-3H3. The SMILES string of the molecule is Cn1cc(C(=O)N2CC3CC(C2)N3C(=O)Cn2cnc3c2c(=O)n(C)c(=O)n3C)c(C(F)(F)F)n1. The van der Waals surface area contributed by atoms with Crippen molar-refractivity contribution in [1.82, 2.24) is 38.3 Å². The Bertz CT molecular complexity index is 1480. The monoisotopic (exact) mass is 494 g/mol. The van der Waals surface area contributed by atoms with E-state index in [0.29, 0.717) is 6.42 Å². The smallest absolute Gasteiger partial charge is 0.334 e. The van der Waals surface area contributed by atoms with Gasteiger partial charge in [-0.25, -0.2) is 9.78 Å². The van der Waals surface area contributed by atoms with Crippen LogP contribution in [0, 0.1) is 0 Å². The highest BCUT2D eigenvalue weighted by atomic mass is 19.4.